The van der Waals surface area contributed by atoms with E-state index in [4.69, 9.17) is 10.2 Å². The van der Waals surface area contributed by atoms with E-state index in [1.54, 1.807) is 0 Å². The fourth-order valence-corrected chi connectivity index (χ4v) is 1.73. The van der Waals surface area contributed by atoms with Gasteiger partial charge in [-0.25, -0.2) is 4.79 Å². The molecule has 0 saturated heterocycles. The van der Waals surface area contributed by atoms with Crippen molar-refractivity contribution in [3.8, 4) is 0 Å². The molecule has 1 aromatic carbocycles. The Kier molecular flexibility index (Phi) is 3.59. The highest BCUT2D eigenvalue weighted by Gasteiger charge is 2.38. The third kappa shape index (κ3) is 2.35. The Labute approximate surface area is 96.6 Å². The molecule has 0 aliphatic carbocycles. The standard InChI is InChI=1S/C9H6BrF3O3/c10-6-2-1-4(8(15)16)7(5(6)3-14)9(11,12)13/h1-2,14H,3H2,(H,15,16). The van der Waals surface area contributed by atoms with Crippen molar-refractivity contribution in [1.82, 2.24) is 0 Å². The minimum atomic E-state index is -4.82. The van der Waals surface area contributed by atoms with Gasteiger partial charge >= 0.3 is 12.1 Å². The molecule has 0 spiro atoms. The Morgan fingerprint density at radius 1 is 1.38 bits per heavy atom. The lowest BCUT2D eigenvalue weighted by Gasteiger charge is -2.15. The molecule has 7 heteroatoms. The van der Waals surface area contributed by atoms with Crippen LogP contribution in [0.4, 0.5) is 13.2 Å². The van der Waals surface area contributed by atoms with Crippen LogP contribution in [0.3, 0.4) is 0 Å². The Hall–Kier alpha value is -1.08. The summed E-state index contributed by atoms with van der Waals surface area (Å²) < 4.78 is 37.9. The fourth-order valence-electron chi connectivity index (χ4n) is 1.28. The van der Waals surface area contributed by atoms with Gasteiger partial charge in [0.25, 0.3) is 0 Å². The number of carboxylic acids is 1. The van der Waals surface area contributed by atoms with Crippen molar-refractivity contribution < 1.29 is 28.2 Å². The second-order valence-corrected chi connectivity index (χ2v) is 3.76. The molecule has 0 aliphatic heterocycles. The summed E-state index contributed by atoms with van der Waals surface area (Å²) in [6.45, 7) is -0.892. The molecule has 1 rings (SSSR count). The van der Waals surface area contributed by atoms with E-state index in [2.05, 4.69) is 15.9 Å². The third-order valence-electron chi connectivity index (χ3n) is 1.93. The largest absolute Gasteiger partial charge is 0.478 e. The van der Waals surface area contributed by atoms with Gasteiger partial charge in [0.1, 0.15) is 0 Å². The van der Waals surface area contributed by atoms with Gasteiger partial charge in [0.2, 0.25) is 0 Å². The van der Waals surface area contributed by atoms with Crippen LogP contribution in [0.5, 0.6) is 0 Å². The van der Waals surface area contributed by atoms with Crippen LogP contribution in [-0.2, 0) is 12.8 Å². The molecule has 0 unspecified atom stereocenters. The summed E-state index contributed by atoms with van der Waals surface area (Å²) in [5, 5.41) is 17.5. The topological polar surface area (TPSA) is 57.5 Å². The summed E-state index contributed by atoms with van der Waals surface area (Å²) in [5.74, 6) is -1.69. The number of hydrogen-bond donors (Lipinski definition) is 2. The van der Waals surface area contributed by atoms with Crippen LogP contribution < -0.4 is 0 Å². The van der Waals surface area contributed by atoms with Crippen molar-refractivity contribution in [3.05, 3.63) is 33.3 Å². The van der Waals surface area contributed by atoms with Gasteiger partial charge in [-0.2, -0.15) is 13.2 Å². The van der Waals surface area contributed by atoms with Crippen LogP contribution in [0.2, 0.25) is 0 Å². The Morgan fingerprint density at radius 3 is 2.31 bits per heavy atom. The SMILES string of the molecule is O=C(O)c1ccc(Br)c(CO)c1C(F)(F)F. The Morgan fingerprint density at radius 2 is 1.94 bits per heavy atom. The smallest absolute Gasteiger partial charge is 0.417 e. The van der Waals surface area contributed by atoms with Crippen molar-refractivity contribution in [3.63, 3.8) is 0 Å². The van der Waals surface area contributed by atoms with Gasteiger partial charge in [-0.05, 0) is 12.1 Å². The monoisotopic (exact) mass is 298 g/mol. The molecule has 0 heterocycles. The zero-order valence-corrected chi connectivity index (χ0v) is 9.26. The molecule has 0 atom stereocenters. The first kappa shape index (κ1) is 13.0. The summed E-state index contributed by atoms with van der Waals surface area (Å²) >= 11 is 2.83. The number of carboxylic acid groups (broad SMARTS) is 1. The molecule has 0 radical (unpaired) electrons. The summed E-state index contributed by atoms with van der Waals surface area (Å²) in [6, 6.07) is 2.00. The molecule has 3 nitrogen and oxygen atoms in total. The lowest BCUT2D eigenvalue weighted by atomic mass is 10.0. The second-order valence-electron chi connectivity index (χ2n) is 2.91. The average molecular weight is 299 g/mol. The van der Waals surface area contributed by atoms with E-state index >= 15 is 0 Å². The molecule has 16 heavy (non-hydrogen) atoms. The van der Waals surface area contributed by atoms with E-state index < -0.39 is 35.4 Å². The number of carbonyl (C=O) groups is 1. The molecular formula is C9H6BrF3O3. The molecular weight excluding hydrogens is 293 g/mol. The maximum Gasteiger partial charge on any atom is 0.417 e. The van der Waals surface area contributed by atoms with Crippen molar-refractivity contribution in [2.24, 2.45) is 0 Å². The van der Waals surface area contributed by atoms with Crippen LogP contribution in [0.25, 0.3) is 0 Å². The van der Waals surface area contributed by atoms with Gasteiger partial charge in [-0.1, -0.05) is 15.9 Å². The van der Waals surface area contributed by atoms with E-state index in [-0.39, 0.29) is 4.47 Å². The number of aliphatic hydroxyl groups excluding tert-OH is 1. The number of benzene rings is 1. The Balaban J connectivity index is 3.61. The first-order valence-corrected chi connectivity index (χ1v) is 4.81. The van der Waals surface area contributed by atoms with Crippen LogP contribution in [0, 0.1) is 0 Å². The van der Waals surface area contributed by atoms with E-state index in [1.165, 1.54) is 0 Å². The third-order valence-corrected chi connectivity index (χ3v) is 2.67. The molecule has 0 bridgehead atoms. The number of alkyl halides is 3. The van der Waals surface area contributed by atoms with Crippen molar-refractivity contribution >= 4 is 21.9 Å². The minimum Gasteiger partial charge on any atom is -0.478 e. The summed E-state index contributed by atoms with van der Waals surface area (Å²) in [5.41, 5.74) is -2.68. The normalized spacial score (nSPS) is 11.6. The molecule has 2 N–H and O–H groups in total. The molecule has 0 aliphatic rings. The average Bonchev–Trinajstić information content (AvgIpc) is 2.15. The van der Waals surface area contributed by atoms with Crippen LogP contribution in [0.1, 0.15) is 21.5 Å². The van der Waals surface area contributed by atoms with Crippen molar-refractivity contribution in [1.29, 1.82) is 0 Å². The predicted octanol–water partition coefficient (Wildman–Crippen LogP) is 2.66. The summed E-state index contributed by atoms with van der Waals surface area (Å²) in [6.07, 6.45) is -4.82. The highest BCUT2D eigenvalue weighted by Crippen LogP contribution is 2.37. The van der Waals surface area contributed by atoms with Crippen molar-refractivity contribution in [2.45, 2.75) is 12.8 Å². The van der Waals surface area contributed by atoms with Gasteiger partial charge in [0.05, 0.1) is 17.7 Å². The van der Waals surface area contributed by atoms with Gasteiger partial charge in [-0.3, -0.25) is 0 Å². The van der Waals surface area contributed by atoms with Gasteiger partial charge in [-0.15, -0.1) is 0 Å². The number of aliphatic hydroxyl groups is 1. The van der Waals surface area contributed by atoms with E-state index in [0.717, 1.165) is 12.1 Å². The van der Waals surface area contributed by atoms with E-state index in [0.29, 0.717) is 0 Å². The molecule has 0 aromatic heterocycles. The van der Waals surface area contributed by atoms with Gasteiger partial charge < -0.3 is 10.2 Å². The van der Waals surface area contributed by atoms with E-state index in [1.807, 2.05) is 0 Å². The predicted molar refractivity (Wildman–Crippen MR) is 52.0 cm³/mol. The Bertz CT molecular complexity index is 429. The highest BCUT2D eigenvalue weighted by atomic mass is 79.9. The number of rotatable bonds is 2. The maximum atomic E-state index is 12.6. The first-order chi connectivity index (χ1) is 7.29. The second kappa shape index (κ2) is 4.42. The molecule has 1 aromatic rings. The molecule has 0 fully saturated rings. The zero-order chi connectivity index (χ0) is 12.5. The quantitative estimate of drug-likeness (QED) is 0.882. The fraction of sp³-hybridized carbons (Fsp3) is 0.222. The van der Waals surface area contributed by atoms with Crippen LogP contribution in [-0.4, -0.2) is 16.2 Å². The van der Waals surface area contributed by atoms with Crippen molar-refractivity contribution in [2.75, 3.05) is 0 Å². The molecule has 0 saturated carbocycles. The summed E-state index contributed by atoms with van der Waals surface area (Å²) in [4.78, 5) is 10.7. The molecule has 88 valence electrons. The number of halogens is 4. The first-order valence-electron chi connectivity index (χ1n) is 4.01. The maximum absolute atomic E-state index is 12.6. The van der Waals surface area contributed by atoms with E-state index in [9.17, 15) is 18.0 Å². The summed E-state index contributed by atoms with van der Waals surface area (Å²) in [7, 11) is 0. The minimum absolute atomic E-state index is 0.0207. The zero-order valence-electron chi connectivity index (χ0n) is 7.68. The lowest BCUT2D eigenvalue weighted by molar-refractivity contribution is -0.139. The lowest BCUT2D eigenvalue weighted by Crippen LogP contribution is -2.16. The van der Waals surface area contributed by atoms with Crippen LogP contribution >= 0.6 is 15.9 Å². The van der Waals surface area contributed by atoms with Crippen LogP contribution in [0.15, 0.2) is 16.6 Å². The molecule has 0 amide bonds. The number of hydrogen-bond acceptors (Lipinski definition) is 2. The highest BCUT2D eigenvalue weighted by molar-refractivity contribution is 9.10. The van der Waals surface area contributed by atoms with Gasteiger partial charge in [0, 0.05) is 10.0 Å². The number of aromatic carboxylic acids is 1. The van der Waals surface area contributed by atoms with Gasteiger partial charge in [0.15, 0.2) is 0 Å².